The highest BCUT2D eigenvalue weighted by Crippen LogP contribution is 2.44. The second-order valence-corrected chi connectivity index (χ2v) is 8.98. The molecular weight excluding hydrogens is 526 g/mol. The zero-order chi connectivity index (χ0) is 23.6. The van der Waals surface area contributed by atoms with Gasteiger partial charge in [-0.15, -0.1) is 17.0 Å². The maximum atomic E-state index is 13.3. The van der Waals surface area contributed by atoms with Crippen molar-refractivity contribution >= 4 is 23.0 Å². The van der Waals surface area contributed by atoms with Crippen LogP contribution >= 0.6 is 17.0 Å². The lowest BCUT2D eigenvalue weighted by molar-refractivity contribution is -0.149. The molecule has 0 bridgehead atoms. The van der Waals surface area contributed by atoms with E-state index in [2.05, 4.69) is 4.90 Å². The molecule has 0 aliphatic carbocycles. The number of para-hydroxylation sites is 2. The molecule has 0 spiro atoms. The van der Waals surface area contributed by atoms with E-state index in [-0.39, 0.29) is 35.8 Å². The second kappa shape index (κ2) is 10.8. The Kier molecular flexibility index (Phi) is 7.34. The zero-order valence-electron chi connectivity index (χ0n) is 19.8. The van der Waals surface area contributed by atoms with Crippen molar-refractivity contribution in [3.05, 3.63) is 77.9 Å². The van der Waals surface area contributed by atoms with Crippen molar-refractivity contribution in [1.29, 1.82) is 0 Å². The highest BCUT2D eigenvalue weighted by molar-refractivity contribution is 8.93. The quantitative estimate of drug-likeness (QED) is 0.290. The standard InChI is InChI=1S/C28H27NO6.BrH/c30-28(27-21-6-1-3-8-23(21)35-24-9-4-2-7-22(24)27)34-20-12-14-29(17-20)13-5-15-31-19-10-11-25-26(16-19)33-18-32-25;/h1-4,6-11,16,20,27H,5,12-15,17-18H2;1H. The van der Waals surface area contributed by atoms with Gasteiger partial charge in [0.2, 0.25) is 6.79 Å². The van der Waals surface area contributed by atoms with Crippen molar-refractivity contribution in [2.45, 2.75) is 24.9 Å². The molecule has 1 saturated heterocycles. The molecule has 3 aliphatic heterocycles. The summed E-state index contributed by atoms with van der Waals surface area (Å²) < 4.78 is 28.6. The fraction of sp³-hybridized carbons (Fsp3) is 0.321. The summed E-state index contributed by atoms with van der Waals surface area (Å²) in [5.74, 6) is 2.99. The van der Waals surface area contributed by atoms with Crippen LogP contribution in [0.4, 0.5) is 0 Å². The Morgan fingerprint density at radius 1 is 0.917 bits per heavy atom. The van der Waals surface area contributed by atoms with Gasteiger partial charge in [-0.25, -0.2) is 0 Å². The lowest BCUT2D eigenvalue weighted by atomic mass is 9.88. The third-order valence-corrected chi connectivity index (χ3v) is 6.66. The van der Waals surface area contributed by atoms with Crippen molar-refractivity contribution in [2.24, 2.45) is 0 Å². The van der Waals surface area contributed by atoms with E-state index < -0.39 is 5.92 Å². The van der Waals surface area contributed by atoms with Gasteiger partial charge in [-0.05, 0) is 37.1 Å². The number of benzene rings is 3. The summed E-state index contributed by atoms with van der Waals surface area (Å²) in [4.78, 5) is 15.7. The average Bonchev–Trinajstić information content (AvgIpc) is 3.54. The molecule has 0 aromatic heterocycles. The molecule has 3 aliphatic rings. The van der Waals surface area contributed by atoms with Crippen LogP contribution in [-0.2, 0) is 9.53 Å². The van der Waals surface area contributed by atoms with Crippen molar-refractivity contribution < 1.29 is 28.5 Å². The van der Waals surface area contributed by atoms with E-state index in [1.807, 2.05) is 66.7 Å². The third-order valence-electron chi connectivity index (χ3n) is 6.66. The maximum Gasteiger partial charge on any atom is 0.318 e. The van der Waals surface area contributed by atoms with Crippen LogP contribution in [0.2, 0.25) is 0 Å². The van der Waals surface area contributed by atoms with Crippen molar-refractivity contribution in [2.75, 3.05) is 33.0 Å². The fourth-order valence-corrected chi connectivity index (χ4v) is 4.94. The number of carbonyl (C=O) groups is 1. The Bertz CT molecular complexity index is 1190. The van der Waals surface area contributed by atoms with Gasteiger partial charge in [0.15, 0.2) is 11.5 Å². The van der Waals surface area contributed by atoms with Crippen molar-refractivity contribution in [3.8, 4) is 28.7 Å². The number of fused-ring (bicyclic) bond motifs is 3. The molecule has 36 heavy (non-hydrogen) atoms. The molecule has 8 heteroatoms. The van der Waals surface area contributed by atoms with E-state index in [9.17, 15) is 4.79 Å². The summed E-state index contributed by atoms with van der Waals surface area (Å²) in [6, 6.07) is 21.0. The van der Waals surface area contributed by atoms with Gasteiger partial charge in [-0.1, -0.05) is 36.4 Å². The molecule has 1 atom stereocenters. The number of carbonyl (C=O) groups excluding carboxylic acids is 1. The Morgan fingerprint density at radius 3 is 2.42 bits per heavy atom. The number of halogens is 1. The van der Waals surface area contributed by atoms with Crippen molar-refractivity contribution in [1.82, 2.24) is 4.90 Å². The lowest BCUT2D eigenvalue weighted by Crippen LogP contribution is -2.29. The van der Waals surface area contributed by atoms with E-state index in [0.717, 1.165) is 60.9 Å². The van der Waals surface area contributed by atoms with Crippen LogP contribution in [-0.4, -0.2) is 50.0 Å². The molecule has 0 radical (unpaired) electrons. The van der Waals surface area contributed by atoms with E-state index in [0.29, 0.717) is 18.1 Å². The van der Waals surface area contributed by atoms with Crippen LogP contribution in [0.1, 0.15) is 29.9 Å². The van der Waals surface area contributed by atoms with Crippen LogP contribution in [0.25, 0.3) is 0 Å². The summed E-state index contributed by atoms with van der Waals surface area (Å²) in [7, 11) is 0. The first-order valence-corrected chi connectivity index (χ1v) is 12.1. The summed E-state index contributed by atoms with van der Waals surface area (Å²) in [5, 5.41) is 0. The van der Waals surface area contributed by atoms with Gasteiger partial charge in [0.1, 0.15) is 29.3 Å². The molecule has 3 aromatic rings. The molecular formula is C28H28BrNO6. The Hall–Kier alpha value is -3.23. The average molecular weight is 554 g/mol. The number of hydrogen-bond acceptors (Lipinski definition) is 7. The summed E-state index contributed by atoms with van der Waals surface area (Å²) >= 11 is 0. The highest BCUT2D eigenvalue weighted by atomic mass is 79.9. The first-order chi connectivity index (χ1) is 17.2. The van der Waals surface area contributed by atoms with Gasteiger partial charge >= 0.3 is 5.97 Å². The number of rotatable bonds is 7. The Balaban J connectivity index is 0.00000267. The molecule has 188 valence electrons. The number of esters is 1. The van der Waals surface area contributed by atoms with Crippen molar-refractivity contribution in [3.63, 3.8) is 0 Å². The van der Waals surface area contributed by atoms with Crippen LogP contribution in [0.15, 0.2) is 66.7 Å². The zero-order valence-corrected chi connectivity index (χ0v) is 21.5. The van der Waals surface area contributed by atoms with Crippen LogP contribution in [0.3, 0.4) is 0 Å². The van der Waals surface area contributed by atoms with Gasteiger partial charge in [0, 0.05) is 36.8 Å². The Morgan fingerprint density at radius 2 is 1.64 bits per heavy atom. The topological polar surface area (TPSA) is 66.5 Å². The number of ether oxygens (including phenoxy) is 5. The smallest absolute Gasteiger partial charge is 0.318 e. The minimum Gasteiger partial charge on any atom is -0.493 e. The Labute approximate surface area is 220 Å². The minimum atomic E-state index is -0.472. The van der Waals surface area contributed by atoms with E-state index in [1.54, 1.807) is 0 Å². The normalized spacial score (nSPS) is 17.9. The molecule has 3 heterocycles. The lowest BCUT2D eigenvalue weighted by Gasteiger charge is -2.27. The molecule has 1 unspecified atom stereocenters. The van der Waals surface area contributed by atoms with E-state index in [1.165, 1.54) is 0 Å². The van der Waals surface area contributed by atoms with Gasteiger partial charge in [-0.3, -0.25) is 9.69 Å². The number of hydrogen-bond donors (Lipinski definition) is 0. The molecule has 0 amide bonds. The van der Waals surface area contributed by atoms with Gasteiger partial charge in [0.25, 0.3) is 0 Å². The van der Waals surface area contributed by atoms with E-state index >= 15 is 0 Å². The minimum absolute atomic E-state index is 0. The van der Waals surface area contributed by atoms with Crippen LogP contribution in [0, 0.1) is 0 Å². The SMILES string of the molecule is Br.O=C(OC1CCN(CCCOc2ccc3c(c2)OCO3)C1)C1c2ccccc2Oc2ccccc21. The molecule has 1 fully saturated rings. The predicted molar refractivity (Wildman–Crippen MR) is 139 cm³/mol. The first kappa shape index (κ1) is 24.5. The summed E-state index contributed by atoms with van der Waals surface area (Å²) in [6.07, 6.45) is 1.61. The number of likely N-dealkylation sites (tertiary alicyclic amines) is 1. The predicted octanol–water partition coefficient (Wildman–Crippen LogP) is 5.32. The molecule has 0 N–H and O–H groups in total. The van der Waals surface area contributed by atoms with E-state index in [4.69, 9.17) is 23.7 Å². The van der Waals surface area contributed by atoms with Gasteiger partial charge in [-0.2, -0.15) is 0 Å². The summed E-state index contributed by atoms with van der Waals surface area (Å²) in [5.41, 5.74) is 1.71. The largest absolute Gasteiger partial charge is 0.493 e. The molecule has 0 saturated carbocycles. The monoisotopic (exact) mass is 553 g/mol. The molecule has 3 aromatic carbocycles. The summed E-state index contributed by atoms with van der Waals surface area (Å²) in [6.45, 7) is 3.40. The third kappa shape index (κ3) is 5.01. The van der Waals surface area contributed by atoms with Gasteiger partial charge < -0.3 is 23.7 Å². The second-order valence-electron chi connectivity index (χ2n) is 8.98. The molecule has 7 nitrogen and oxygen atoms in total. The highest BCUT2D eigenvalue weighted by Gasteiger charge is 2.36. The fourth-order valence-electron chi connectivity index (χ4n) is 4.94. The number of nitrogens with zero attached hydrogens (tertiary/aromatic N) is 1. The van der Waals surface area contributed by atoms with Gasteiger partial charge in [0.05, 0.1) is 6.61 Å². The maximum absolute atomic E-state index is 13.3. The van der Waals surface area contributed by atoms with Crippen LogP contribution in [0.5, 0.6) is 28.7 Å². The van der Waals surface area contributed by atoms with Crippen LogP contribution < -0.4 is 18.9 Å². The first-order valence-electron chi connectivity index (χ1n) is 12.1. The molecule has 6 rings (SSSR count).